The molecule has 1 aromatic carbocycles. The minimum absolute atomic E-state index is 0. The second-order valence-corrected chi connectivity index (χ2v) is 8.60. The Kier molecular flexibility index (Phi) is 13.8. The molecule has 0 saturated heterocycles. The number of methoxy groups -OCH3 is 3. The van der Waals surface area contributed by atoms with Crippen molar-refractivity contribution in [2.45, 2.75) is 26.8 Å². The third kappa shape index (κ3) is 8.72. The molecule has 1 aromatic rings. The van der Waals surface area contributed by atoms with E-state index in [2.05, 4.69) is 15.6 Å². The fourth-order valence-electron chi connectivity index (χ4n) is 2.61. The van der Waals surface area contributed by atoms with Crippen LogP contribution in [0.3, 0.4) is 0 Å². The number of aliphatic imine (C=N–C) groups is 1. The molecule has 0 bridgehead atoms. The highest BCUT2D eigenvalue weighted by Crippen LogP contribution is 2.38. The van der Waals surface area contributed by atoms with Crippen LogP contribution in [0, 0.1) is 0 Å². The lowest BCUT2D eigenvalue weighted by Crippen LogP contribution is -2.39. The van der Waals surface area contributed by atoms with Gasteiger partial charge >= 0.3 is 0 Å². The van der Waals surface area contributed by atoms with E-state index >= 15 is 0 Å². The second-order valence-electron chi connectivity index (χ2n) is 6.23. The molecule has 0 heterocycles. The predicted octanol–water partition coefficient (Wildman–Crippen LogP) is 2.06. The Morgan fingerprint density at radius 2 is 1.67 bits per heavy atom. The van der Waals surface area contributed by atoms with Gasteiger partial charge in [-0.05, 0) is 38.0 Å². The summed E-state index contributed by atoms with van der Waals surface area (Å²) in [7, 11) is 3.17. The molecule has 0 spiro atoms. The zero-order chi connectivity index (χ0) is 21.9. The van der Waals surface area contributed by atoms with Gasteiger partial charge in [-0.25, -0.2) is 17.7 Å². The molecule has 0 aliphatic heterocycles. The first kappa shape index (κ1) is 28.5. The van der Waals surface area contributed by atoms with Crippen LogP contribution in [0.25, 0.3) is 0 Å². The number of guanidine groups is 1. The van der Waals surface area contributed by atoms with E-state index in [1.165, 1.54) is 4.31 Å². The zero-order valence-corrected chi connectivity index (χ0v) is 21.8. The van der Waals surface area contributed by atoms with Crippen molar-refractivity contribution < 1.29 is 22.6 Å². The minimum Gasteiger partial charge on any atom is -0.493 e. The molecule has 11 heteroatoms. The summed E-state index contributed by atoms with van der Waals surface area (Å²) in [6.45, 7) is 5.81. The topological polar surface area (TPSA) is 101 Å². The fourth-order valence-corrected chi connectivity index (χ4v) is 3.45. The summed E-state index contributed by atoms with van der Waals surface area (Å²) in [6, 6.07) is 3.72. The number of halogens is 1. The van der Waals surface area contributed by atoms with Crippen LogP contribution in [0.4, 0.5) is 0 Å². The van der Waals surface area contributed by atoms with Gasteiger partial charge in [-0.1, -0.05) is 0 Å². The molecule has 0 radical (unpaired) electrons. The Labute approximate surface area is 197 Å². The van der Waals surface area contributed by atoms with Gasteiger partial charge in [0, 0.05) is 26.7 Å². The van der Waals surface area contributed by atoms with Crippen LogP contribution in [0.1, 0.15) is 25.8 Å². The molecule has 0 atom stereocenters. The third-order valence-electron chi connectivity index (χ3n) is 4.27. The van der Waals surface area contributed by atoms with E-state index in [9.17, 15) is 8.42 Å². The van der Waals surface area contributed by atoms with Crippen molar-refractivity contribution in [3.63, 3.8) is 0 Å². The van der Waals surface area contributed by atoms with Gasteiger partial charge in [0.1, 0.15) is 0 Å². The summed E-state index contributed by atoms with van der Waals surface area (Å²) in [4.78, 5) is 4.58. The Morgan fingerprint density at radius 1 is 1.07 bits per heavy atom. The number of sulfonamides is 1. The summed E-state index contributed by atoms with van der Waals surface area (Å²) < 4.78 is 41.0. The summed E-state index contributed by atoms with van der Waals surface area (Å²) in [6.07, 6.45) is 0.671. The predicted molar refractivity (Wildman–Crippen MR) is 131 cm³/mol. The maximum atomic E-state index is 11.8. The van der Waals surface area contributed by atoms with Crippen molar-refractivity contribution in [3.8, 4) is 17.2 Å². The van der Waals surface area contributed by atoms with E-state index in [4.69, 9.17) is 14.2 Å². The Hall–Kier alpha value is -1.47. The van der Waals surface area contributed by atoms with Gasteiger partial charge in [-0.3, -0.25) is 0 Å². The van der Waals surface area contributed by atoms with Crippen molar-refractivity contribution in [2.24, 2.45) is 4.99 Å². The summed E-state index contributed by atoms with van der Waals surface area (Å²) in [5, 5.41) is 6.41. The molecule has 0 saturated carbocycles. The molecule has 9 nitrogen and oxygen atoms in total. The lowest BCUT2D eigenvalue weighted by atomic mass is 10.2. The van der Waals surface area contributed by atoms with Crippen LogP contribution in [0.2, 0.25) is 0 Å². The average Bonchev–Trinajstić information content (AvgIpc) is 2.73. The molecule has 0 fully saturated rings. The molecule has 0 unspecified atom stereocenters. The first-order chi connectivity index (χ1) is 13.8. The van der Waals surface area contributed by atoms with Crippen LogP contribution in [0.15, 0.2) is 17.1 Å². The monoisotopic (exact) mass is 558 g/mol. The number of rotatable bonds is 12. The summed E-state index contributed by atoms with van der Waals surface area (Å²) in [5.74, 6) is 2.46. The molecule has 30 heavy (non-hydrogen) atoms. The number of benzene rings is 1. The van der Waals surface area contributed by atoms with E-state index < -0.39 is 10.0 Å². The lowest BCUT2D eigenvalue weighted by Gasteiger charge is -2.17. The Bertz CT molecular complexity index is 749. The molecule has 0 aliphatic rings. The molecular formula is C19H35IN4O5S. The standard InChI is InChI=1S/C19H34N4O5S.HI/c1-7-20-19(21-10-9-11-23(3)29(24,25)8-2)22-14-15-12-16(26-4)18(28-6)17(13-15)27-5;/h12-13H,7-11,14H2,1-6H3,(H2,20,21,22);1H. The molecule has 0 aliphatic carbocycles. The second kappa shape index (κ2) is 14.5. The van der Waals surface area contributed by atoms with Crippen LogP contribution in [-0.4, -0.2) is 72.4 Å². The first-order valence-electron chi connectivity index (χ1n) is 9.57. The molecule has 0 aromatic heterocycles. The largest absolute Gasteiger partial charge is 0.493 e. The van der Waals surface area contributed by atoms with E-state index in [1.807, 2.05) is 19.1 Å². The highest BCUT2D eigenvalue weighted by Gasteiger charge is 2.14. The van der Waals surface area contributed by atoms with Gasteiger partial charge in [0.2, 0.25) is 15.8 Å². The molecular weight excluding hydrogens is 523 g/mol. The molecule has 174 valence electrons. The lowest BCUT2D eigenvalue weighted by molar-refractivity contribution is 0.324. The third-order valence-corrected chi connectivity index (χ3v) is 6.13. The molecule has 2 N–H and O–H groups in total. The normalized spacial score (nSPS) is 11.6. The Morgan fingerprint density at radius 3 is 2.13 bits per heavy atom. The van der Waals surface area contributed by atoms with E-state index in [0.29, 0.717) is 55.8 Å². The van der Waals surface area contributed by atoms with Crippen molar-refractivity contribution in [1.82, 2.24) is 14.9 Å². The van der Waals surface area contributed by atoms with E-state index in [0.717, 1.165) is 5.56 Å². The van der Waals surface area contributed by atoms with E-state index in [1.54, 1.807) is 35.3 Å². The van der Waals surface area contributed by atoms with Gasteiger partial charge < -0.3 is 24.8 Å². The number of nitrogens with zero attached hydrogens (tertiary/aromatic N) is 2. The number of hydrogen-bond acceptors (Lipinski definition) is 6. The minimum atomic E-state index is -3.15. The smallest absolute Gasteiger partial charge is 0.213 e. The van der Waals surface area contributed by atoms with Crippen molar-refractivity contribution in [1.29, 1.82) is 0 Å². The first-order valence-corrected chi connectivity index (χ1v) is 11.2. The van der Waals surface area contributed by atoms with Gasteiger partial charge in [0.15, 0.2) is 17.5 Å². The average molecular weight is 558 g/mol. The van der Waals surface area contributed by atoms with E-state index in [-0.39, 0.29) is 29.7 Å². The molecule has 0 amide bonds. The summed E-state index contributed by atoms with van der Waals surface area (Å²) in [5.41, 5.74) is 0.908. The van der Waals surface area contributed by atoms with Crippen LogP contribution < -0.4 is 24.8 Å². The SMILES string of the molecule is CCNC(=NCc1cc(OC)c(OC)c(OC)c1)NCCCN(C)S(=O)(=O)CC.I. The maximum Gasteiger partial charge on any atom is 0.213 e. The van der Waals surface area contributed by atoms with Crippen molar-refractivity contribution >= 4 is 40.0 Å². The number of nitrogens with one attached hydrogen (secondary N) is 2. The van der Waals surface area contributed by atoms with Crippen LogP contribution in [-0.2, 0) is 16.6 Å². The van der Waals surface area contributed by atoms with Gasteiger partial charge in [-0.2, -0.15) is 0 Å². The highest BCUT2D eigenvalue weighted by atomic mass is 127. The van der Waals surface area contributed by atoms with Gasteiger partial charge in [0.05, 0.1) is 33.6 Å². The summed E-state index contributed by atoms with van der Waals surface area (Å²) >= 11 is 0. The van der Waals surface area contributed by atoms with Crippen molar-refractivity contribution in [2.75, 3.05) is 53.8 Å². The van der Waals surface area contributed by atoms with Crippen LogP contribution >= 0.6 is 24.0 Å². The van der Waals surface area contributed by atoms with Gasteiger partial charge in [-0.15, -0.1) is 24.0 Å². The maximum absolute atomic E-state index is 11.8. The van der Waals surface area contributed by atoms with Crippen molar-refractivity contribution in [3.05, 3.63) is 17.7 Å². The number of ether oxygens (including phenoxy) is 3. The quantitative estimate of drug-likeness (QED) is 0.175. The number of hydrogen-bond donors (Lipinski definition) is 2. The van der Waals surface area contributed by atoms with Crippen LogP contribution in [0.5, 0.6) is 17.2 Å². The highest BCUT2D eigenvalue weighted by molar-refractivity contribution is 14.0. The molecule has 1 rings (SSSR count). The fraction of sp³-hybridized carbons (Fsp3) is 0.632. The van der Waals surface area contributed by atoms with Gasteiger partial charge in [0.25, 0.3) is 0 Å². The Balaban J connectivity index is 0.00000841. The zero-order valence-electron chi connectivity index (χ0n) is 18.6.